The average molecular weight is 291 g/mol. The monoisotopic (exact) mass is 291 g/mol. The van der Waals surface area contributed by atoms with E-state index >= 15 is 0 Å². The molecule has 1 aromatic heterocycles. The summed E-state index contributed by atoms with van der Waals surface area (Å²) in [5.74, 6) is -0.138. The third kappa shape index (κ3) is 2.60. The van der Waals surface area contributed by atoms with Gasteiger partial charge in [0.2, 0.25) is 0 Å². The van der Waals surface area contributed by atoms with Gasteiger partial charge in [0.05, 0.1) is 18.5 Å². The van der Waals surface area contributed by atoms with Crippen LogP contribution in [0.2, 0.25) is 0 Å². The van der Waals surface area contributed by atoms with Crippen LogP contribution in [0.25, 0.3) is 0 Å². The second-order valence-electron chi connectivity index (χ2n) is 6.12. The minimum atomic E-state index is -0.344. The third-order valence-electron chi connectivity index (χ3n) is 4.89. The van der Waals surface area contributed by atoms with Gasteiger partial charge in [-0.3, -0.25) is 14.6 Å². The maximum Gasteiger partial charge on any atom is 0.271 e. The summed E-state index contributed by atoms with van der Waals surface area (Å²) in [7, 11) is 1.76. The quantitative estimate of drug-likeness (QED) is 0.888. The molecule has 2 atom stereocenters. The van der Waals surface area contributed by atoms with Crippen molar-refractivity contribution in [1.82, 2.24) is 14.9 Å². The van der Waals surface area contributed by atoms with Crippen LogP contribution in [-0.2, 0) is 4.74 Å². The molecule has 2 fully saturated rings. The van der Waals surface area contributed by atoms with Crippen molar-refractivity contribution in [2.75, 3.05) is 20.2 Å². The Hall–Kier alpha value is -1.69. The summed E-state index contributed by atoms with van der Waals surface area (Å²) in [6, 6.07) is 0. The number of hydrogen-bond donors (Lipinski definition) is 1. The molecule has 0 unspecified atom stereocenters. The molecule has 2 aliphatic rings. The molecule has 0 radical (unpaired) electrons. The number of rotatable bonds is 2. The Labute approximate surface area is 123 Å². The first-order valence-electron chi connectivity index (χ1n) is 7.51. The largest absolute Gasteiger partial charge is 0.381 e. The molecule has 1 amide bonds. The van der Waals surface area contributed by atoms with Gasteiger partial charge < -0.3 is 14.6 Å². The van der Waals surface area contributed by atoms with Crippen LogP contribution >= 0.6 is 0 Å². The Morgan fingerprint density at radius 1 is 1.43 bits per heavy atom. The molecule has 2 heterocycles. The average Bonchev–Trinajstić information content (AvgIpc) is 2.88. The number of carbonyl (C=O) groups excluding carboxylic acids is 1. The number of nitrogens with zero attached hydrogens (tertiary/aromatic N) is 2. The smallest absolute Gasteiger partial charge is 0.271 e. The van der Waals surface area contributed by atoms with Gasteiger partial charge in [-0.2, -0.15) is 0 Å². The standard InChI is InChI=1S/C15H21N3O3/c1-21-12-4-2-5-15(12)6-3-7-18(10-15)14(20)11-8-16-9-13(19)17-11/h8-9,12H,2-7,10H2,1H3,(H,17,19)/t12-,15+/m1/s1. The summed E-state index contributed by atoms with van der Waals surface area (Å²) in [6.45, 7) is 1.44. The van der Waals surface area contributed by atoms with E-state index in [2.05, 4.69) is 9.97 Å². The van der Waals surface area contributed by atoms with E-state index in [1.165, 1.54) is 12.4 Å². The normalized spacial score (nSPS) is 29.0. The van der Waals surface area contributed by atoms with E-state index in [1.54, 1.807) is 7.11 Å². The van der Waals surface area contributed by atoms with Crippen LogP contribution in [0.15, 0.2) is 17.2 Å². The first kappa shape index (κ1) is 14.3. The summed E-state index contributed by atoms with van der Waals surface area (Å²) in [5.41, 5.74) is 0.0141. The van der Waals surface area contributed by atoms with Crippen LogP contribution < -0.4 is 5.56 Å². The van der Waals surface area contributed by atoms with Gasteiger partial charge in [-0.25, -0.2) is 0 Å². The lowest BCUT2D eigenvalue weighted by Crippen LogP contribution is -2.50. The van der Waals surface area contributed by atoms with E-state index in [0.29, 0.717) is 6.54 Å². The highest BCUT2D eigenvalue weighted by molar-refractivity contribution is 5.92. The number of methoxy groups -OCH3 is 1. The molecule has 1 spiro atoms. The highest BCUT2D eigenvalue weighted by atomic mass is 16.5. The van der Waals surface area contributed by atoms with Crippen LogP contribution in [0.1, 0.15) is 42.6 Å². The van der Waals surface area contributed by atoms with Crippen molar-refractivity contribution in [3.8, 4) is 0 Å². The fraction of sp³-hybridized carbons (Fsp3) is 0.667. The Morgan fingerprint density at radius 3 is 3.00 bits per heavy atom. The summed E-state index contributed by atoms with van der Waals surface area (Å²) in [4.78, 5) is 32.1. The first-order chi connectivity index (χ1) is 10.1. The topological polar surface area (TPSA) is 75.3 Å². The number of hydrogen-bond acceptors (Lipinski definition) is 4. The molecule has 1 N–H and O–H groups in total. The highest BCUT2D eigenvalue weighted by Crippen LogP contribution is 2.46. The Kier molecular flexibility index (Phi) is 3.80. The number of carbonyl (C=O) groups is 1. The fourth-order valence-electron chi connectivity index (χ4n) is 3.93. The molecule has 0 bridgehead atoms. The summed E-state index contributed by atoms with van der Waals surface area (Å²) in [5, 5.41) is 0. The number of H-pyrrole nitrogens is 1. The molecule has 6 nitrogen and oxygen atoms in total. The van der Waals surface area contributed by atoms with Crippen molar-refractivity contribution in [2.45, 2.75) is 38.2 Å². The molecule has 1 saturated heterocycles. The Morgan fingerprint density at radius 2 is 2.24 bits per heavy atom. The van der Waals surface area contributed by atoms with Crippen molar-refractivity contribution in [2.24, 2.45) is 5.41 Å². The number of likely N-dealkylation sites (tertiary alicyclic amines) is 1. The van der Waals surface area contributed by atoms with Gasteiger partial charge in [-0.1, -0.05) is 6.42 Å². The summed E-state index contributed by atoms with van der Waals surface area (Å²) in [6.07, 6.45) is 8.27. The number of ether oxygens (including phenoxy) is 1. The van der Waals surface area contributed by atoms with Crippen molar-refractivity contribution >= 4 is 5.91 Å². The molecule has 1 aliphatic heterocycles. The van der Waals surface area contributed by atoms with Gasteiger partial charge in [-0.05, 0) is 25.7 Å². The van der Waals surface area contributed by atoms with Gasteiger partial charge in [0.1, 0.15) is 5.69 Å². The first-order valence-corrected chi connectivity index (χ1v) is 7.51. The zero-order valence-electron chi connectivity index (χ0n) is 12.3. The molecule has 0 aromatic carbocycles. The maximum absolute atomic E-state index is 12.6. The van der Waals surface area contributed by atoms with Gasteiger partial charge in [0, 0.05) is 25.6 Å². The molecular weight excluding hydrogens is 270 g/mol. The highest BCUT2D eigenvalue weighted by Gasteiger charge is 2.46. The zero-order chi connectivity index (χ0) is 14.9. The van der Waals surface area contributed by atoms with E-state index in [4.69, 9.17) is 4.74 Å². The molecule has 6 heteroatoms. The number of aromatic amines is 1. The Balaban J connectivity index is 1.80. The van der Waals surface area contributed by atoms with Crippen LogP contribution in [-0.4, -0.2) is 47.1 Å². The zero-order valence-corrected chi connectivity index (χ0v) is 12.3. The molecule has 114 valence electrons. The molecule has 3 rings (SSSR count). The summed E-state index contributed by atoms with van der Waals surface area (Å²) < 4.78 is 5.65. The molecule has 1 saturated carbocycles. The van der Waals surface area contributed by atoms with E-state index in [0.717, 1.165) is 38.6 Å². The van der Waals surface area contributed by atoms with Crippen molar-refractivity contribution in [3.63, 3.8) is 0 Å². The minimum absolute atomic E-state index is 0.0885. The molecular formula is C15H21N3O3. The van der Waals surface area contributed by atoms with Gasteiger partial charge >= 0.3 is 0 Å². The van der Waals surface area contributed by atoms with Crippen LogP contribution in [0, 0.1) is 5.41 Å². The maximum atomic E-state index is 12.6. The number of aromatic nitrogens is 2. The second kappa shape index (κ2) is 5.60. The summed E-state index contributed by atoms with van der Waals surface area (Å²) >= 11 is 0. The minimum Gasteiger partial charge on any atom is -0.381 e. The molecule has 1 aliphatic carbocycles. The van der Waals surface area contributed by atoms with Crippen molar-refractivity contribution in [3.05, 3.63) is 28.4 Å². The predicted octanol–water partition coefficient (Wildman–Crippen LogP) is 1.19. The Bertz CT molecular complexity index is 586. The van der Waals surface area contributed by atoms with Gasteiger partial charge in [0.25, 0.3) is 11.5 Å². The lowest BCUT2D eigenvalue weighted by molar-refractivity contribution is -0.0296. The molecule has 1 aromatic rings. The second-order valence-corrected chi connectivity index (χ2v) is 6.12. The number of piperidine rings is 1. The van der Waals surface area contributed by atoms with Gasteiger partial charge in [0.15, 0.2) is 0 Å². The van der Waals surface area contributed by atoms with E-state index in [9.17, 15) is 9.59 Å². The van der Waals surface area contributed by atoms with Crippen molar-refractivity contribution < 1.29 is 9.53 Å². The van der Waals surface area contributed by atoms with Crippen LogP contribution in [0.3, 0.4) is 0 Å². The third-order valence-corrected chi connectivity index (χ3v) is 4.89. The van der Waals surface area contributed by atoms with E-state index in [1.807, 2.05) is 4.90 Å². The lowest BCUT2D eigenvalue weighted by Gasteiger charge is -2.43. The lowest BCUT2D eigenvalue weighted by atomic mass is 9.76. The van der Waals surface area contributed by atoms with Gasteiger partial charge in [-0.15, -0.1) is 0 Å². The SMILES string of the molecule is CO[C@@H]1CCC[C@@]12CCCN(C(=O)c1cncc(=O)[nH]1)C2. The van der Waals surface area contributed by atoms with Crippen LogP contribution in [0.5, 0.6) is 0 Å². The fourth-order valence-corrected chi connectivity index (χ4v) is 3.93. The van der Waals surface area contributed by atoms with E-state index < -0.39 is 0 Å². The number of amides is 1. The predicted molar refractivity (Wildman–Crippen MR) is 77.1 cm³/mol. The van der Waals surface area contributed by atoms with Crippen LogP contribution in [0.4, 0.5) is 0 Å². The molecule has 21 heavy (non-hydrogen) atoms. The number of nitrogens with one attached hydrogen (secondary N) is 1. The van der Waals surface area contributed by atoms with E-state index in [-0.39, 0.29) is 28.7 Å². The van der Waals surface area contributed by atoms with Crippen molar-refractivity contribution in [1.29, 1.82) is 0 Å².